The van der Waals surface area contributed by atoms with Gasteiger partial charge >= 0.3 is 0 Å². The lowest BCUT2D eigenvalue weighted by atomic mass is 10.0. The van der Waals surface area contributed by atoms with Gasteiger partial charge in [0.2, 0.25) is 0 Å². The molecule has 0 spiro atoms. The number of aliphatic hydroxyl groups is 1. The van der Waals surface area contributed by atoms with Crippen LogP contribution in [0.1, 0.15) is 37.6 Å². The smallest absolute Gasteiger partial charge is 0.271 e. The molecule has 4 heteroatoms. The van der Waals surface area contributed by atoms with Crippen LogP contribution in [0, 0.1) is 0 Å². The Morgan fingerprint density at radius 2 is 1.86 bits per heavy atom. The van der Waals surface area contributed by atoms with E-state index in [4.69, 9.17) is 0 Å². The Bertz CT molecular complexity index is 684. The minimum absolute atomic E-state index is 0.254. The molecule has 21 heavy (non-hydrogen) atoms. The van der Waals surface area contributed by atoms with Gasteiger partial charge in [0.1, 0.15) is 0 Å². The van der Waals surface area contributed by atoms with Crippen LogP contribution in [0.25, 0.3) is 10.8 Å². The second kappa shape index (κ2) is 6.06. The molecule has 0 saturated carbocycles. The molecule has 4 nitrogen and oxygen atoms in total. The molecule has 0 bridgehead atoms. The number of benzene rings is 2. The Hall–Kier alpha value is -2.20. The van der Waals surface area contributed by atoms with Crippen LogP contribution in [0.15, 0.2) is 47.6 Å². The number of fused-ring (bicyclic) bond motifs is 1. The fraction of sp³-hybridized carbons (Fsp3) is 0.294. The Labute approximate surface area is 124 Å². The van der Waals surface area contributed by atoms with Gasteiger partial charge in [-0.25, -0.2) is 5.43 Å². The molecule has 0 fully saturated rings. The number of nitrogens with zero attached hydrogens (tertiary/aromatic N) is 1. The van der Waals surface area contributed by atoms with Gasteiger partial charge in [0.15, 0.2) is 0 Å². The Kier molecular flexibility index (Phi) is 4.38. The van der Waals surface area contributed by atoms with E-state index in [2.05, 4.69) is 10.5 Å². The summed E-state index contributed by atoms with van der Waals surface area (Å²) in [4.78, 5) is 12.1. The molecule has 0 atom stereocenters. The lowest BCUT2D eigenvalue weighted by Crippen LogP contribution is -2.25. The molecule has 0 unspecified atom stereocenters. The summed E-state index contributed by atoms with van der Waals surface area (Å²) in [6, 6.07) is 13.4. The number of nitrogens with one attached hydrogen (secondary N) is 1. The van der Waals surface area contributed by atoms with Crippen molar-refractivity contribution in [3.8, 4) is 0 Å². The number of hydrogen-bond donors (Lipinski definition) is 2. The highest BCUT2D eigenvalue weighted by atomic mass is 16.3. The summed E-state index contributed by atoms with van der Waals surface area (Å²) in [5, 5.41) is 15.8. The summed E-state index contributed by atoms with van der Waals surface area (Å²) in [5.74, 6) is -0.254. The SMILES string of the molecule is C/C(CC(C)(C)O)=N\NC(=O)c1ccc2ccccc2c1. The highest BCUT2D eigenvalue weighted by Crippen LogP contribution is 2.15. The van der Waals surface area contributed by atoms with Gasteiger partial charge in [0, 0.05) is 17.7 Å². The van der Waals surface area contributed by atoms with Crippen LogP contribution in [0.4, 0.5) is 0 Å². The van der Waals surface area contributed by atoms with Gasteiger partial charge < -0.3 is 5.11 Å². The molecule has 2 N–H and O–H groups in total. The zero-order valence-corrected chi connectivity index (χ0v) is 12.6. The number of carbonyl (C=O) groups excluding carboxylic acids is 1. The van der Waals surface area contributed by atoms with Gasteiger partial charge in [0.05, 0.1) is 5.60 Å². The summed E-state index contributed by atoms with van der Waals surface area (Å²) in [6.45, 7) is 5.19. The van der Waals surface area contributed by atoms with Gasteiger partial charge in [0.25, 0.3) is 5.91 Å². The van der Waals surface area contributed by atoms with Gasteiger partial charge in [-0.2, -0.15) is 5.10 Å². The Balaban J connectivity index is 2.10. The van der Waals surface area contributed by atoms with Crippen molar-refractivity contribution in [1.82, 2.24) is 5.43 Å². The third-order valence-electron chi connectivity index (χ3n) is 3.05. The van der Waals surface area contributed by atoms with E-state index in [1.54, 1.807) is 26.8 Å². The molecule has 110 valence electrons. The van der Waals surface area contributed by atoms with Crippen molar-refractivity contribution >= 4 is 22.4 Å². The van der Waals surface area contributed by atoms with Gasteiger partial charge in [-0.15, -0.1) is 0 Å². The summed E-state index contributed by atoms with van der Waals surface area (Å²) in [6.07, 6.45) is 0.408. The first-order valence-corrected chi connectivity index (χ1v) is 6.90. The zero-order valence-electron chi connectivity index (χ0n) is 12.6. The molecule has 0 heterocycles. The molecule has 0 saturated heterocycles. The summed E-state index contributed by atoms with van der Waals surface area (Å²) in [5.41, 5.74) is 2.93. The second-order valence-electron chi connectivity index (χ2n) is 5.84. The first-order chi connectivity index (χ1) is 9.85. The van der Waals surface area contributed by atoms with Crippen LogP contribution in [0.3, 0.4) is 0 Å². The molecule has 0 aromatic heterocycles. The van der Waals surface area contributed by atoms with Gasteiger partial charge in [-0.3, -0.25) is 4.79 Å². The number of amides is 1. The number of rotatable bonds is 4. The largest absolute Gasteiger partial charge is 0.390 e. The highest BCUT2D eigenvalue weighted by molar-refractivity contribution is 5.99. The fourth-order valence-corrected chi connectivity index (χ4v) is 2.21. The molecule has 0 aliphatic heterocycles. The quantitative estimate of drug-likeness (QED) is 0.669. The molecular formula is C17H20N2O2. The highest BCUT2D eigenvalue weighted by Gasteiger charge is 2.14. The van der Waals surface area contributed by atoms with E-state index in [1.807, 2.05) is 36.4 Å². The fourth-order valence-electron chi connectivity index (χ4n) is 2.21. The average molecular weight is 284 g/mol. The van der Waals surface area contributed by atoms with Crippen molar-refractivity contribution in [1.29, 1.82) is 0 Å². The first kappa shape index (κ1) is 15.2. The van der Waals surface area contributed by atoms with Crippen molar-refractivity contribution in [3.63, 3.8) is 0 Å². The average Bonchev–Trinajstić information content (AvgIpc) is 2.42. The molecular weight excluding hydrogens is 264 g/mol. The predicted molar refractivity (Wildman–Crippen MR) is 85.4 cm³/mol. The van der Waals surface area contributed by atoms with E-state index in [1.165, 1.54) is 0 Å². The molecule has 2 aromatic carbocycles. The maximum atomic E-state index is 12.1. The molecule has 1 amide bonds. The van der Waals surface area contributed by atoms with Crippen molar-refractivity contribution in [2.75, 3.05) is 0 Å². The molecule has 0 radical (unpaired) electrons. The molecule has 0 aliphatic rings. The summed E-state index contributed by atoms with van der Waals surface area (Å²) >= 11 is 0. The van der Waals surface area contributed by atoms with E-state index in [-0.39, 0.29) is 5.91 Å². The van der Waals surface area contributed by atoms with Crippen molar-refractivity contribution in [2.45, 2.75) is 32.8 Å². The molecule has 0 aliphatic carbocycles. The molecule has 2 aromatic rings. The van der Waals surface area contributed by atoms with E-state index in [0.717, 1.165) is 10.8 Å². The third kappa shape index (κ3) is 4.39. The lowest BCUT2D eigenvalue weighted by molar-refractivity contribution is 0.0875. The standard InChI is InChI=1S/C17H20N2O2/c1-12(11-17(2,3)21)18-19-16(20)15-9-8-13-6-4-5-7-14(13)10-15/h4-10,21H,11H2,1-3H3,(H,19,20)/b18-12+. The van der Waals surface area contributed by atoms with E-state index in [9.17, 15) is 9.90 Å². The number of hydrazone groups is 1. The maximum Gasteiger partial charge on any atom is 0.271 e. The van der Waals surface area contributed by atoms with Crippen LogP contribution >= 0.6 is 0 Å². The number of carbonyl (C=O) groups is 1. The Morgan fingerprint density at radius 1 is 1.19 bits per heavy atom. The van der Waals surface area contributed by atoms with E-state index < -0.39 is 5.60 Å². The maximum absolute atomic E-state index is 12.1. The predicted octanol–water partition coefficient (Wildman–Crippen LogP) is 3.11. The summed E-state index contributed by atoms with van der Waals surface area (Å²) in [7, 11) is 0. The van der Waals surface area contributed by atoms with E-state index >= 15 is 0 Å². The summed E-state index contributed by atoms with van der Waals surface area (Å²) < 4.78 is 0. The van der Waals surface area contributed by atoms with E-state index in [0.29, 0.717) is 17.7 Å². The normalized spacial score (nSPS) is 12.5. The first-order valence-electron chi connectivity index (χ1n) is 6.90. The van der Waals surface area contributed by atoms with Crippen LogP contribution in [-0.4, -0.2) is 22.3 Å². The Morgan fingerprint density at radius 3 is 2.52 bits per heavy atom. The van der Waals surface area contributed by atoms with Crippen molar-refractivity contribution in [3.05, 3.63) is 48.0 Å². The zero-order chi connectivity index (χ0) is 15.5. The monoisotopic (exact) mass is 284 g/mol. The van der Waals surface area contributed by atoms with Gasteiger partial charge in [-0.1, -0.05) is 30.3 Å². The lowest BCUT2D eigenvalue weighted by Gasteiger charge is -2.16. The molecule has 2 rings (SSSR count). The second-order valence-corrected chi connectivity index (χ2v) is 5.84. The number of hydrogen-bond acceptors (Lipinski definition) is 3. The van der Waals surface area contributed by atoms with Crippen LogP contribution < -0.4 is 5.43 Å². The minimum atomic E-state index is -0.832. The van der Waals surface area contributed by atoms with Crippen LogP contribution in [0.2, 0.25) is 0 Å². The van der Waals surface area contributed by atoms with Crippen LogP contribution in [-0.2, 0) is 0 Å². The van der Waals surface area contributed by atoms with Crippen molar-refractivity contribution in [2.24, 2.45) is 5.10 Å². The van der Waals surface area contributed by atoms with Crippen LogP contribution in [0.5, 0.6) is 0 Å². The third-order valence-corrected chi connectivity index (χ3v) is 3.05. The topological polar surface area (TPSA) is 61.7 Å². The minimum Gasteiger partial charge on any atom is -0.390 e. The van der Waals surface area contributed by atoms with Crippen molar-refractivity contribution < 1.29 is 9.90 Å². The van der Waals surface area contributed by atoms with Gasteiger partial charge in [-0.05, 0) is 43.7 Å².